The molecule has 1 amide bonds. The monoisotopic (exact) mass is 337 g/mol. The predicted molar refractivity (Wildman–Crippen MR) is 72.2 cm³/mol. The van der Waals surface area contributed by atoms with Gasteiger partial charge in [-0.3, -0.25) is 4.79 Å². The summed E-state index contributed by atoms with van der Waals surface area (Å²) in [6.07, 6.45) is -4.28. The third-order valence-corrected chi connectivity index (χ3v) is 5.07. The average Bonchev–Trinajstić information content (AvgIpc) is 2.74. The Bertz CT molecular complexity index is 640. The molecule has 1 heterocycles. The Morgan fingerprint density at radius 3 is 2.41 bits per heavy atom. The molecule has 0 spiro atoms. The van der Waals surface area contributed by atoms with E-state index in [1.165, 1.54) is 12.1 Å². The van der Waals surface area contributed by atoms with Gasteiger partial charge >= 0.3 is 6.36 Å². The summed E-state index contributed by atoms with van der Waals surface area (Å²) in [4.78, 5) is 11.8. The number of ether oxygens (including phenoxy) is 1. The van der Waals surface area contributed by atoms with Gasteiger partial charge in [0.05, 0.1) is 11.5 Å². The van der Waals surface area contributed by atoms with Crippen LogP contribution in [-0.4, -0.2) is 38.7 Å². The molecule has 2 rings (SSSR count). The SMILES string of the molecule is O=C(NCC1CCS(=O)(=O)C1)c1ccc(OC(F)(F)F)cc1. The second-order valence-electron chi connectivity index (χ2n) is 5.05. The van der Waals surface area contributed by atoms with Gasteiger partial charge in [0.15, 0.2) is 9.84 Å². The fraction of sp³-hybridized carbons (Fsp3) is 0.462. The highest BCUT2D eigenvalue weighted by Gasteiger charge is 2.31. The van der Waals surface area contributed by atoms with Crippen LogP contribution in [0.2, 0.25) is 0 Å². The van der Waals surface area contributed by atoms with E-state index >= 15 is 0 Å². The van der Waals surface area contributed by atoms with Crippen LogP contribution in [0.4, 0.5) is 13.2 Å². The number of amides is 1. The van der Waals surface area contributed by atoms with E-state index in [2.05, 4.69) is 10.1 Å². The van der Waals surface area contributed by atoms with Gasteiger partial charge in [-0.25, -0.2) is 8.42 Å². The van der Waals surface area contributed by atoms with Gasteiger partial charge in [0.2, 0.25) is 0 Å². The van der Waals surface area contributed by atoms with E-state index in [0.717, 1.165) is 12.1 Å². The van der Waals surface area contributed by atoms with Crippen molar-refractivity contribution in [3.8, 4) is 5.75 Å². The Morgan fingerprint density at radius 1 is 1.27 bits per heavy atom. The minimum atomic E-state index is -4.78. The quantitative estimate of drug-likeness (QED) is 0.908. The maximum atomic E-state index is 12.0. The zero-order chi connectivity index (χ0) is 16.4. The summed E-state index contributed by atoms with van der Waals surface area (Å²) in [7, 11) is -3.01. The van der Waals surface area contributed by atoms with Gasteiger partial charge in [-0.05, 0) is 36.6 Å². The number of hydrogen-bond donors (Lipinski definition) is 1. The van der Waals surface area contributed by atoms with Crippen LogP contribution >= 0.6 is 0 Å². The Kier molecular flexibility index (Phi) is 4.64. The van der Waals surface area contributed by atoms with E-state index in [4.69, 9.17) is 0 Å². The minimum absolute atomic E-state index is 0.0473. The lowest BCUT2D eigenvalue weighted by atomic mass is 10.1. The molecule has 1 saturated heterocycles. The van der Waals surface area contributed by atoms with Crippen LogP contribution in [0, 0.1) is 5.92 Å². The number of hydrogen-bond acceptors (Lipinski definition) is 4. The Labute approximate surface area is 125 Å². The van der Waals surface area contributed by atoms with Crippen molar-refractivity contribution in [1.82, 2.24) is 5.32 Å². The lowest BCUT2D eigenvalue weighted by Crippen LogP contribution is -2.29. The van der Waals surface area contributed by atoms with Crippen molar-refractivity contribution in [2.24, 2.45) is 5.92 Å². The Hall–Kier alpha value is -1.77. The molecule has 0 aliphatic carbocycles. The summed E-state index contributed by atoms with van der Waals surface area (Å²) in [5, 5.41) is 2.58. The molecule has 9 heteroatoms. The first-order chi connectivity index (χ1) is 10.1. The molecule has 122 valence electrons. The molecule has 1 aromatic rings. The first kappa shape index (κ1) is 16.6. The van der Waals surface area contributed by atoms with E-state index in [9.17, 15) is 26.4 Å². The van der Waals surface area contributed by atoms with E-state index in [1.807, 2.05) is 0 Å². The highest BCUT2D eigenvalue weighted by atomic mass is 32.2. The van der Waals surface area contributed by atoms with Gasteiger partial charge in [-0.1, -0.05) is 0 Å². The molecule has 22 heavy (non-hydrogen) atoms. The predicted octanol–water partition coefficient (Wildman–Crippen LogP) is 1.75. The molecule has 1 N–H and O–H groups in total. The van der Waals surface area contributed by atoms with Crippen molar-refractivity contribution in [2.75, 3.05) is 18.1 Å². The Balaban J connectivity index is 1.88. The third-order valence-electron chi connectivity index (χ3n) is 3.23. The summed E-state index contributed by atoms with van der Waals surface area (Å²) in [5.41, 5.74) is 0.176. The largest absolute Gasteiger partial charge is 0.573 e. The van der Waals surface area contributed by atoms with Gasteiger partial charge in [0.25, 0.3) is 5.91 Å². The topological polar surface area (TPSA) is 72.5 Å². The van der Waals surface area contributed by atoms with E-state index in [1.54, 1.807) is 0 Å². The van der Waals surface area contributed by atoms with Gasteiger partial charge in [0, 0.05) is 12.1 Å². The lowest BCUT2D eigenvalue weighted by Gasteiger charge is -2.11. The standard InChI is InChI=1S/C13H14F3NO4S/c14-13(15,16)21-11-3-1-10(2-4-11)12(18)17-7-9-5-6-22(19,20)8-9/h1-4,9H,5-8H2,(H,17,18). The molecule has 0 radical (unpaired) electrons. The van der Waals surface area contributed by atoms with Gasteiger partial charge < -0.3 is 10.1 Å². The number of sulfone groups is 1. The van der Waals surface area contributed by atoms with Crippen LogP contribution in [0.1, 0.15) is 16.8 Å². The van der Waals surface area contributed by atoms with Crippen LogP contribution in [0.15, 0.2) is 24.3 Å². The third kappa shape index (κ3) is 4.90. The van der Waals surface area contributed by atoms with Crippen molar-refractivity contribution in [3.05, 3.63) is 29.8 Å². The highest BCUT2D eigenvalue weighted by molar-refractivity contribution is 7.91. The fourth-order valence-electron chi connectivity index (χ4n) is 2.18. The van der Waals surface area contributed by atoms with E-state index < -0.39 is 27.9 Å². The molecule has 0 saturated carbocycles. The number of nitrogens with one attached hydrogen (secondary N) is 1. The van der Waals surface area contributed by atoms with Crippen molar-refractivity contribution in [1.29, 1.82) is 0 Å². The van der Waals surface area contributed by atoms with Crippen LogP contribution in [-0.2, 0) is 9.84 Å². The van der Waals surface area contributed by atoms with Gasteiger partial charge in [-0.15, -0.1) is 13.2 Å². The van der Waals surface area contributed by atoms with Crippen LogP contribution < -0.4 is 10.1 Å². The molecule has 1 aliphatic rings. The summed E-state index contributed by atoms with van der Waals surface area (Å²) < 4.78 is 62.3. The molecule has 5 nitrogen and oxygen atoms in total. The molecule has 0 aromatic heterocycles. The first-order valence-corrected chi connectivity index (χ1v) is 8.31. The molecule has 0 bridgehead atoms. The molecule has 1 unspecified atom stereocenters. The van der Waals surface area contributed by atoms with Crippen molar-refractivity contribution >= 4 is 15.7 Å². The number of rotatable bonds is 4. The highest BCUT2D eigenvalue weighted by Crippen LogP contribution is 2.23. The van der Waals surface area contributed by atoms with Gasteiger partial charge in [0.1, 0.15) is 5.75 Å². The normalized spacial score (nSPS) is 20.6. The summed E-state index contributed by atoms with van der Waals surface area (Å²) in [6.45, 7) is 0.221. The van der Waals surface area contributed by atoms with Crippen LogP contribution in [0.3, 0.4) is 0 Å². The number of carbonyl (C=O) groups excluding carboxylic acids is 1. The van der Waals surface area contributed by atoms with E-state index in [0.29, 0.717) is 6.42 Å². The van der Waals surface area contributed by atoms with Crippen molar-refractivity contribution < 1.29 is 31.1 Å². The summed E-state index contributed by atoms with van der Waals surface area (Å²) >= 11 is 0. The second kappa shape index (κ2) is 6.15. The number of alkyl halides is 3. The van der Waals surface area contributed by atoms with Crippen LogP contribution in [0.5, 0.6) is 5.75 Å². The molecule has 1 aromatic carbocycles. The minimum Gasteiger partial charge on any atom is -0.406 e. The zero-order valence-electron chi connectivity index (χ0n) is 11.4. The van der Waals surface area contributed by atoms with Crippen LogP contribution in [0.25, 0.3) is 0 Å². The smallest absolute Gasteiger partial charge is 0.406 e. The zero-order valence-corrected chi connectivity index (χ0v) is 12.2. The molecular formula is C13H14F3NO4S. The van der Waals surface area contributed by atoms with Crippen molar-refractivity contribution in [3.63, 3.8) is 0 Å². The second-order valence-corrected chi connectivity index (χ2v) is 7.28. The number of halogens is 3. The average molecular weight is 337 g/mol. The van der Waals surface area contributed by atoms with E-state index in [-0.39, 0.29) is 29.5 Å². The maximum Gasteiger partial charge on any atom is 0.573 e. The molecule has 1 atom stereocenters. The van der Waals surface area contributed by atoms with Gasteiger partial charge in [-0.2, -0.15) is 0 Å². The number of benzene rings is 1. The van der Waals surface area contributed by atoms with Crippen molar-refractivity contribution in [2.45, 2.75) is 12.8 Å². The lowest BCUT2D eigenvalue weighted by molar-refractivity contribution is -0.274. The summed E-state index contributed by atoms with van der Waals surface area (Å²) in [5.74, 6) is -0.835. The molecule has 1 fully saturated rings. The summed E-state index contributed by atoms with van der Waals surface area (Å²) in [6, 6.07) is 4.51. The maximum absolute atomic E-state index is 12.0. The Morgan fingerprint density at radius 2 is 1.91 bits per heavy atom. The molecular weight excluding hydrogens is 323 g/mol. The molecule has 1 aliphatic heterocycles. The first-order valence-electron chi connectivity index (χ1n) is 6.49. The number of carbonyl (C=O) groups is 1. The fourth-order valence-corrected chi connectivity index (χ4v) is 4.04.